The van der Waals surface area contributed by atoms with Crippen molar-refractivity contribution in [3.05, 3.63) is 53.6 Å². The Bertz CT molecular complexity index is 609. The molecule has 0 atom stereocenters. The van der Waals surface area contributed by atoms with Crippen LogP contribution in [0.25, 0.3) is 0 Å². The summed E-state index contributed by atoms with van der Waals surface area (Å²) < 4.78 is 45.6. The maximum atomic E-state index is 12.1. The molecule has 0 radical (unpaired) electrons. The van der Waals surface area contributed by atoms with Crippen molar-refractivity contribution in [3.8, 4) is 17.2 Å². The van der Waals surface area contributed by atoms with Crippen molar-refractivity contribution in [1.82, 2.24) is 0 Å². The van der Waals surface area contributed by atoms with Crippen LogP contribution in [-0.4, -0.2) is 6.36 Å². The lowest BCUT2D eigenvalue weighted by atomic mass is 10.1. The summed E-state index contributed by atoms with van der Waals surface area (Å²) in [5.74, 6) is 0.688. The number of benzene rings is 2. The second kappa shape index (κ2) is 6.05. The summed E-state index contributed by atoms with van der Waals surface area (Å²) in [5, 5.41) is 0. The zero-order valence-electron chi connectivity index (χ0n) is 11.3. The molecule has 2 N–H and O–H groups in total. The van der Waals surface area contributed by atoms with Crippen LogP contribution in [0.15, 0.2) is 42.5 Å². The molecule has 112 valence electrons. The first kappa shape index (κ1) is 15.2. The van der Waals surface area contributed by atoms with Gasteiger partial charge in [-0.2, -0.15) is 0 Å². The standard InChI is InChI=1S/C15H14F3NO2/c1-10-2-7-14(11(8-10)9-19)20-12-3-5-13(6-4-12)21-15(16,17)18/h2-8H,9,19H2,1H3. The Labute approximate surface area is 120 Å². The molecule has 0 heterocycles. The lowest BCUT2D eigenvalue weighted by molar-refractivity contribution is -0.274. The van der Waals surface area contributed by atoms with Crippen LogP contribution in [0, 0.1) is 6.92 Å². The molecule has 2 aromatic rings. The smallest absolute Gasteiger partial charge is 0.457 e. The van der Waals surface area contributed by atoms with E-state index in [0.29, 0.717) is 18.0 Å². The predicted molar refractivity (Wildman–Crippen MR) is 72.3 cm³/mol. The van der Waals surface area contributed by atoms with Gasteiger partial charge in [0.2, 0.25) is 0 Å². The second-order valence-electron chi connectivity index (χ2n) is 4.44. The number of aryl methyl sites for hydroxylation is 1. The highest BCUT2D eigenvalue weighted by Crippen LogP contribution is 2.29. The van der Waals surface area contributed by atoms with Crippen LogP contribution in [0.4, 0.5) is 13.2 Å². The first-order valence-electron chi connectivity index (χ1n) is 6.20. The summed E-state index contributed by atoms with van der Waals surface area (Å²) in [6, 6.07) is 10.7. The minimum absolute atomic E-state index is 0.294. The summed E-state index contributed by atoms with van der Waals surface area (Å²) in [7, 11) is 0. The fourth-order valence-corrected chi connectivity index (χ4v) is 1.80. The van der Waals surface area contributed by atoms with Gasteiger partial charge < -0.3 is 15.2 Å². The molecule has 6 heteroatoms. The quantitative estimate of drug-likeness (QED) is 0.922. The average Bonchev–Trinajstić information content (AvgIpc) is 2.41. The van der Waals surface area contributed by atoms with Crippen LogP contribution < -0.4 is 15.2 Å². The van der Waals surface area contributed by atoms with Gasteiger partial charge in [0, 0.05) is 12.1 Å². The highest BCUT2D eigenvalue weighted by atomic mass is 19.4. The van der Waals surface area contributed by atoms with Gasteiger partial charge in [-0.25, -0.2) is 0 Å². The van der Waals surface area contributed by atoms with Crippen LogP contribution in [0.5, 0.6) is 17.2 Å². The Morgan fingerprint density at radius 3 is 2.19 bits per heavy atom. The van der Waals surface area contributed by atoms with Gasteiger partial charge in [-0.05, 0) is 37.3 Å². The lowest BCUT2D eigenvalue weighted by Crippen LogP contribution is -2.16. The molecule has 0 unspecified atom stereocenters. The minimum Gasteiger partial charge on any atom is -0.457 e. The van der Waals surface area contributed by atoms with Gasteiger partial charge in [0.1, 0.15) is 17.2 Å². The molecule has 0 aliphatic carbocycles. The molecule has 0 bridgehead atoms. The maximum absolute atomic E-state index is 12.1. The third kappa shape index (κ3) is 4.39. The van der Waals surface area contributed by atoms with Crippen molar-refractivity contribution < 1.29 is 22.6 Å². The Morgan fingerprint density at radius 1 is 1.00 bits per heavy atom. The highest BCUT2D eigenvalue weighted by molar-refractivity contribution is 5.41. The number of ether oxygens (including phenoxy) is 2. The lowest BCUT2D eigenvalue weighted by Gasteiger charge is -2.12. The number of hydrogen-bond donors (Lipinski definition) is 1. The van der Waals surface area contributed by atoms with Crippen molar-refractivity contribution in [2.45, 2.75) is 19.8 Å². The number of alkyl halides is 3. The molecule has 0 aromatic heterocycles. The summed E-state index contributed by atoms with van der Waals surface area (Å²) in [4.78, 5) is 0. The topological polar surface area (TPSA) is 44.5 Å². The van der Waals surface area contributed by atoms with Gasteiger partial charge in [-0.3, -0.25) is 0 Å². The molecule has 3 nitrogen and oxygen atoms in total. The molecule has 2 aromatic carbocycles. The van der Waals surface area contributed by atoms with E-state index < -0.39 is 6.36 Å². The van der Waals surface area contributed by atoms with E-state index in [1.54, 1.807) is 6.07 Å². The third-order valence-corrected chi connectivity index (χ3v) is 2.72. The van der Waals surface area contributed by atoms with Crippen LogP contribution >= 0.6 is 0 Å². The largest absolute Gasteiger partial charge is 0.573 e. The van der Waals surface area contributed by atoms with Gasteiger partial charge in [-0.15, -0.1) is 13.2 Å². The molecule has 0 aliphatic heterocycles. The van der Waals surface area contributed by atoms with Crippen LogP contribution in [0.1, 0.15) is 11.1 Å². The number of nitrogens with two attached hydrogens (primary N) is 1. The Hall–Kier alpha value is -2.21. The van der Waals surface area contributed by atoms with Crippen molar-refractivity contribution >= 4 is 0 Å². The van der Waals surface area contributed by atoms with E-state index in [9.17, 15) is 13.2 Å². The van der Waals surface area contributed by atoms with Crippen LogP contribution in [-0.2, 0) is 6.54 Å². The van der Waals surface area contributed by atoms with Gasteiger partial charge in [0.15, 0.2) is 0 Å². The Morgan fingerprint density at radius 2 is 1.62 bits per heavy atom. The average molecular weight is 297 g/mol. The van der Waals surface area contributed by atoms with Gasteiger partial charge in [-0.1, -0.05) is 17.7 Å². The fourth-order valence-electron chi connectivity index (χ4n) is 1.80. The molecule has 21 heavy (non-hydrogen) atoms. The highest BCUT2D eigenvalue weighted by Gasteiger charge is 2.30. The number of halogens is 3. The van der Waals surface area contributed by atoms with Crippen LogP contribution in [0.3, 0.4) is 0 Å². The van der Waals surface area contributed by atoms with E-state index in [4.69, 9.17) is 10.5 Å². The van der Waals surface area contributed by atoms with Crippen molar-refractivity contribution in [3.63, 3.8) is 0 Å². The van der Waals surface area contributed by atoms with E-state index in [1.165, 1.54) is 24.3 Å². The molecule has 0 spiro atoms. The second-order valence-corrected chi connectivity index (χ2v) is 4.44. The van der Waals surface area contributed by atoms with E-state index in [2.05, 4.69) is 4.74 Å². The van der Waals surface area contributed by atoms with Gasteiger partial charge in [0.05, 0.1) is 0 Å². The molecule has 0 saturated carbocycles. The third-order valence-electron chi connectivity index (χ3n) is 2.72. The predicted octanol–water partition coefficient (Wildman–Crippen LogP) is 4.14. The van der Waals surface area contributed by atoms with Gasteiger partial charge in [0.25, 0.3) is 0 Å². The summed E-state index contributed by atoms with van der Waals surface area (Å²) in [5.41, 5.74) is 7.52. The summed E-state index contributed by atoms with van der Waals surface area (Å²) in [6.07, 6.45) is -4.70. The minimum atomic E-state index is -4.70. The summed E-state index contributed by atoms with van der Waals surface area (Å²) in [6.45, 7) is 2.25. The van der Waals surface area contributed by atoms with E-state index in [1.807, 2.05) is 19.1 Å². The zero-order chi connectivity index (χ0) is 15.5. The summed E-state index contributed by atoms with van der Waals surface area (Å²) >= 11 is 0. The van der Waals surface area contributed by atoms with Gasteiger partial charge >= 0.3 is 6.36 Å². The first-order chi connectivity index (χ1) is 9.87. The number of rotatable bonds is 4. The van der Waals surface area contributed by atoms with E-state index >= 15 is 0 Å². The first-order valence-corrected chi connectivity index (χ1v) is 6.20. The van der Waals surface area contributed by atoms with Crippen LogP contribution in [0.2, 0.25) is 0 Å². The maximum Gasteiger partial charge on any atom is 0.573 e. The monoisotopic (exact) mass is 297 g/mol. The number of hydrogen-bond acceptors (Lipinski definition) is 3. The molecule has 2 rings (SSSR count). The van der Waals surface area contributed by atoms with Crippen molar-refractivity contribution in [2.24, 2.45) is 5.73 Å². The van der Waals surface area contributed by atoms with Crippen molar-refractivity contribution in [1.29, 1.82) is 0 Å². The van der Waals surface area contributed by atoms with Crippen molar-refractivity contribution in [2.75, 3.05) is 0 Å². The Kier molecular flexibility index (Phi) is 4.37. The molecule has 0 fully saturated rings. The van der Waals surface area contributed by atoms with E-state index in [0.717, 1.165) is 11.1 Å². The zero-order valence-corrected chi connectivity index (χ0v) is 11.3. The normalized spacial score (nSPS) is 11.3. The SMILES string of the molecule is Cc1ccc(Oc2ccc(OC(F)(F)F)cc2)c(CN)c1. The molecule has 0 saturated heterocycles. The molecular formula is C15H14F3NO2. The molecular weight excluding hydrogens is 283 g/mol. The van der Waals surface area contributed by atoms with E-state index in [-0.39, 0.29) is 5.75 Å². The fraction of sp³-hybridized carbons (Fsp3) is 0.200. The molecule has 0 amide bonds. The Balaban J connectivity index is 2.14. The molecule has 0 aliphatic rings.